The second-order valence-electron chi connectivity index (χ2n) is 10.8. The summed E-state index contributed by atoms with van der Waals surface area (Å²) in [5.74, 6) is -0.511. The van der Waals surface area contributed by atoms with Gasteiger partial charge in [-0.25, -0.2) is 0 Å². The van der Waals surface area contributed by atoms with Gasteiger partial charge in [-0.1, -0.05) is 42.5 Å². The van der Waals surface area contributed by atoms with E-state index >= 15 is 0 Å². The Morgan fingerprint density at radius 1 is 0.636 bits per heavy atom. The molecule has 0 saturated heterocycles. The molecule has 0 bridgehead atoms. The number of aryl methyl sites for hydroxylation is 1. The summed E-state index contributed by atoms with van der Waals surface area (Å²) >= 11 is 3.06. The monoisotopic (exact) mass is 609 g/mol. The van der Waals surface area contributed by atoms with Crippen molar-refractivity contribution in [1.82, 2.24) is 24.3 Å². The smallest absolute Gasteiger partial charge is 0.258 e. The van der Waals surface area contributed by atoms with E-state index in [-0.39, 0.29) is 11.8 Å². The summed E-state index contributed by atoms with van der Waals surface area (Å²) in [6, 6.07) is 33.1. The summed E-state index contributed by atoms with van der Waals surface area (Å²) in [6.45, 7) is 0. The molecule has 0 radical (unpaired) electrons. The fourth-order valence-corrected chi connectivity index (χ4v) is 8.20. The van der Waals surface area contributed by atoms with Gasteiger partial charge in [-0.2, -0.15) is 0 Å². The van der Waals surface area contributed by atoms with Gasteiger partial charge in [0.05, 0.1) is 64.9 Å². The molecule has 2 N–H and O–H groups in total. The fraction of sp³-hybridized carbons (Fsp3) is 0.0286. The molecule has 7 nitrogen and oxygen atoms in total. The van der Waals surface area contributed by atoms with E-state index < -0.39 is 0 Å². The molecule has 2 aliphatic rings. The maximum atomic E-state index is 13.2. The third-order valence-corrected chi connectivity index (χ3v) is 10.4. The van der Waals surface area contributed by atoms with Gasteiger partial charge in [0, 0.05) is 24.6 Å². The number of carbonyl (C=O) groups is 2. The number of thiophene rings is 2. The summed E-state index contributed by atoms with van der Waals surface area (Å²) in [6.07, 6.45) is 2.13. The lowest BCUT2D eigenvalue weighted by atomic mass is 10.1. The number of amides is 2. The van der Waals surface area contributed by atoms with Crippen LogP contribution in [0.2, 0.25) is 0 Å². The number of para-hydroxylation sites is 2. The summed E-state index contributed by atoms with van der Waals surface area (Å²) < 4.78 is 6.81. The number of nitrogens with zero attached hydrogens (tertiary/aromatic N) is 3. The summed E-state index contributed by atoms with van der Waals surface area (Å²) in [7, 11) is 2.11. The van der Waals surface area contributed by atoms with E-state index in [0.29, 0.717) is 22.5 Å². The molecule has 0 fully saturated rings. The Labute approximate surface area is 259 Å². The molecule has 5 aromatic heterocycles. The van der Waals surface area contributed by atoms with E-state index in [1.807, 2.05) is 35.7 Å². The highest BCUT2D eigenvalue weighted by atomic mass is 32.1. The Morgan fingerprint density at radius 2 is 1.30 bits per heavy atom. The van der Waals surface area contributed by atoms with E-state index in [0.717, 1.165) is 53.8 Å². The van der Waals surface area contributed by atoms with E-state index in [1.54, 1.807) is 11.3 Å². The molecule has 2 aliphatic heterocycles. The molecule has 0 atom stereocenters. The Morgan fingerprint density at radius 3 is 1.98 bits per heavy atom. The van der Waals surface area contributed by atoms with Gasteiger partial charge < -0.3 is 24.3 Å². The minimum absolute atomic E-state index is 0.255. The van der Waals surface area contributed by atoms with Crippen molar-refractivity contribution >= 4 is 67.9 Å². The van der Waals surface area contributed by atoms with Gasteiger partial charge in [-0.15, -0.1) is 22.7 Å². The van der Waals surface area contributed by atoms with E-state index in [4.69, 9.17) is 0 Å². The SMILES string of the molecule is Cn1c2ccn(-c3ccccc3)c2c2c1cc(-c1ccc(C3=C4C(=O)NC(c5cccs5)=C4C(=O)N3)s1)n2-c1ccccc1. The Hall–Kier alpha value is -5.38. The fourth-order valence-electron chi connectivity index (χ4n) is 6.45. The predicted octanol–water partition coefficient (Wildman–Crippen LogP) is 7.08. The van der Waals surface area contributed by atoms with Crippen molar-refractivity contribution in [2.75, 3.05) is 0 Å². The molecule has 9 heteroatoms. The lowest BCUT2D eigenvalue weighted by Gasteiger charge is -2.11. The number of fused-ring (bicyclic) bond motifs is 4. The molecule has 0 unspecified atom stereocenters. The molecule has 2 aromatic carbocycles. The first kappa shape index (κ1) is 25.1. The van der Waals surface area contributed by atoms with Crippen LogP contribution in [0, 0.1) is 0 Å². The van der Waals surface area contributed by atoms with Crippen LogP contribution in [0.25, 0.3) is 55.4 Å². The van der Waals surface area contributed by atoms with E-state index in [9.17, 15) is 9.59 Å². The molecule has 212 valence electrons. The molecule has 9 rings (SSSR count). The average molecular weight is 610 g/mol. The molecule has 0 saturated carbocycles. The zero-order valence-electron chi connectivity index (χ0n) is 23.4. The van der Waals surface area contributed by atoms with Crippen molar-refractivity contribution < 1.29 is 9.59 Å². The average Bonchev–Trinajstić information content (AvgIpc) is 3.89. The molecule has 44 heavy (non-hydrogen) atoms. The number of benzene rings is 2. The van der Waals surface area contributed by atoms with Crippen LogP contribution in [0.5, 0.6) is 0 Å². The second-order valence-corrected chi connectivity index (χ2v) is 12.8. The summed E-state index contributed by atoms with van der Waals surface area (Å²) in [4.78, 5) is 29.1. The van der Waals surface area contributed by atoms with Gasteiger partial charge in [0.15, 0.2) is 0 Å². The first-order valence-corrected chi connectivity index (χ1v) is 15.9. The quantitative estimate of drug-likeness (QED) is 0.219. The summed E-state index contributed by atoms with van der Waals surface area (Å²) in [5, 5.41) is 7.88. The van der Waals surface area contributed by atoms with Gasteiger partial charge in [0.1, 0.15) is 0 Å². The zero-order valence-corrected chi connectivity index (χ0v) is 25.0. The number of hydrogen-bond acceptors (Lipinski definition) is 4. The van der Waals surface area contributed by atoms with Crippen LogP contribution in [0.4, 0.5) is 0 Å². The molecular weight excluding hydrogens is 587 g/mol. The lowest BCUT2D eigenvalue weighted by Crippen LogP contribution is -2.20. The van der Waals surface area contributed by atoms with Gasteiger partial charge in [-0.05, 0) is 60.0 Å². The lowest BCUT2D eigenvalue weighted by molar-refractivity contribution is -0.117. The predicted molar refractivity (Wildman–Crippen MR) is 177 cm³/mol. The van der Waals surface area contributed by atoms with Crippen LogP contribution in [-0.4, -0.2) is 25.5 Å². The standard InChI is InChI=1S/C35H23N5O2S2/c1-38-22-16-17-39(20-9-4-2-5-10-20)32(22)33-24(38)19-23(40(33)21-11-6-3-7-12-21)25-14-15-27(44-25)31-29-28(34(41)37-31)30(36-35(29)42)26-13-8-18-43-26/h2-19H,1H3,(H,36,42)(H,37,41). The van der Waals surface area contributed by atoms with Crippen molar-refractivity contribution in [3.05, 3.63) is 130 Å². The number of nitrogens with one attached hydrogen (secondary N) is 2. The molecule has 0 aliphatic carbocycles. The molecule has 7 heterocycles. The van der Waals surface area contributed by atoms with Crippen molar-refractivity contribution in [3.63, 3.8) is 0 Å². The van der Waals surface area contributed by atoms with Crippen LogP contribution >= 0.6 is 22.7 Å². The summed E-state index contributed by atoms with van der Waals surface area (Å²) in [5.41, 5.74) is 9.68. The van der Waals surface area contributed by atoms with Gasteiger partial charge in [0.25, 0.3) is 11.8 Å². The highest BCUT2D eigenvalue weighted by Crippen LogP contribution is 2.44. The maximum Gasteiger partial charge on any atom is 0.258 e. The molecule has 0 spiro atoms. The number of rotatable bonds is 5. The zero-order chi connectivity index (χ0) is 29.5. The third-order valence-electron chi connectivity index (χ3n) is 8.39. The molecular formula is C35H23N5O2S2. The number of hydrogen-bond donors (Lipinski definition) is 2. The van der Waals surface area contributed by atoms with Crippen LogP contribution in [0.3, 0.4) is 0 Å². The first-order valence-electron chi connectivity index (χ1n) is 14.2. The van der Waals surface area contributed by atoms with E-state index in [1.165, 1.54) is 11.3 Å². The second kappa shape index (κ2) is 9.31. The number of carbonyl (C=O) groups excluding carboxylic acids is 2. The van der Waals surface area contributed by atoms with Crippen LogP contribution in [-0.2, 0) is 16.6 Å². The van der Waals surface area contributed by atoms with Gasteiger partial charge >= 0.3 is 0 Å². The van der Waals surface area contributed by atoms with E-state index in [2.05, 4.69) is 104 Å². The third kappa shape index (κ3) is 3.48. The van der Waals surface area contributed by atoms with Crippen LogP contribution in [0.15, 0.2) is 120 Å². The largest absolute Gasteiger partial charge is 0.341 e. The highest BCUT2D eigenvalue weighted by Gasteiger charge is 2.41. The van der Waals surface area contributed by atoms with Crippen molar-refractivity contribution in [1.29, 1.82) is 0 Å². The molecule has 2 amide bonds. The maximum absolute atomic E-state index is 13.2. The topological polar surface area (TPSA) is 73.0 Å². The van der Waals surface area contributed by atoms with Gasteiger partial charge in [0.2, 0.25) is 0 Å². The Balaban J connectivity index is 1.25. The minimum Gasteiger partial charge on any atom is -0.341 e. The Kier molecular flexibility index (Phi) is 5.32. The van der Waals surface area contributed by atoms with Crippen molar-refractivity contribution in [3.8, 4) is 21.9 Å². The molecule has 7 aromatic rings. The number of aromatic nitrogens is 3. The highest BCUT2D eigenvalue weighted by molar-refractivity contribution is 7.16. The van der Waals surface area contributed by atoms with Crippen molar-refractivity contribution in [2.45, 2.75) is 0 Å². The minimum atomic E-state index is -0.255. The van der Waals surface area contributed by atoms with Crippen LogP contribution in [0.1, 0.15) is 9.75 Å². The van der Waals surface area contributed by atoms with Gasteiger partial charge in [-0.3, -0.25) is 9.59 Å². The first-order chi connectivity index (χ1) is 21.6. The Bertz CT molecular complexity index is 2360. The van der Waals surface area contributed by atoms with Crippen molar-refractivity contribution in [2.24, 2.45) is 7.05 Å². The normalized spacial score (nSPS) is 14.8. The van der Waals surface area contributed by atoms with Crippen LogP contribution < -0.4 is 10.6 Å².